The van der Waals surface area contributed by atoms with Gasteiger partial charge in [0.1, 0.15) is 0 Å². The standard InChI is InChI=1S/C10H11N5S/c1-2-5-12-15-9(13-14-10(15)16)8-4-3-6-11-7-8/h3-7H,2H2,1H3,(H,14,16). The van der Waals surface area contributed by atoms with Crippen LogP contribution in [0.5, 0.6) is 0 Å². The molecule has 2 aromatic rings. The number of H-pyrrole nitrogens is 1. The normalized spacial score (nSPS) is 11.1. The van der Waals surface area contributed by atoms with Gasteiger partial charge in [-0.2, -0.15) is 14.9 Å². The van der Waals surface area contributed by atoms with Gasteiger partial charge in [0.2, 0.25) is 4.77 Å². The minimum atomic E-state index is 0.476. The summed E-state index contributed by atoms with van der Waals surface area (Å²) in [6.45, 7) is 2.01. The van der Waals surface area contributed by atoms with Crippen LogP contribution in [0.15, 0.2) is 29.6 Å². The summed E-state index contributed by atoms with van der Waals surface area (Å²) < 4.78 is 2.07. The second-order valence-electron chi connectivity index (χ2n) is 3.11. The number of nitrogens with one attached hydrogen (secondary N) is 1. The van der Waals surface area contributed by atoms with E-state index in [0.29, 0.717) is 10.6 Å². The molecule has 0 fully saturated rings. The van der Waals surface area contributed by atoms with E-state index in [4.69, 9.17) is 12.2 Å². The van der Waals surface area contributed by atoms with Crippen LogP contribution in [0.3, 0.4) is 0 Å². The topological polar surface area (TPSA) is 58.9 Å². The molecule has 2 aromatic heterocycles. The summed E-state index contributed by atoms with van der Waals surface area (Å²) in [7, 11) is 0. The summed E-state index contributed by atoms with van der Waals surface area (Å²) in [4.78, 5) is 4.04. The third kappa shape index (κ3) is 2.06. The van der Waals surface area contributed by atoms with Crippen molar-refractivity contribution in [1.82, 2.24) is 19.9 Å². The molecule has 0 aliphatic heterocycles. The number of aromatic amines is 1. The van der Waals surface area contributed by atoms with Gasteiger partial charge >= 0.3 is 0 Å². The molecule has 0 unspecified atom stereocenters. The van der Waals surface area contributed by atoms with Crippen molar-refractivity contribution in [3.8, 4) is 11.4 Å². The Balaban J connectivity index is 2.50. The Morgan fingerprint density at radius 1 is 1.62 bits per heavy atom. The molecular formula is C10H11N5S. The molecular weight excluding hydrogens is 222 g/mol. The molecule has 0 atom stereocenters. The van der Waals surface area contributed by atoms with E-state index in [9.17, 15) is 0 Å². The Morgan fingerprint density at radius 3 is 3.19 bits per heavy atom. The van der Waals surface area contributed by atoms with Crippen LogP contribution in [-0.2, 0) is 0 Å². The summed E-state index contributed by atoms with van der Waals surface area (Å²) in [5, 5.41) is 11.1. The SMILES string of the molecule is CCC=Nn1c(-c2cccnc2)n[nH]c1=S. The Morgan fingerprint density at radius 2 is 2.50 bits per heavy atom. The lowest BCUT2D eigenvalue weighted by Gasteiger charge is -1.98. The molecule has 0 radical (unpaired) electrons. The van der Waals surface area contributed by atoms with E-state index in [-0.39, 0.29) is 0 Å². The second kappa shape index (κ2) is 4.80. The number of hydrogen-bond donors (Lipinski definition) is 1. The van der Waals surface area contributed by atoms with Crippen molar-refractivity contribution in [2.75, 3.05) is 0 Å². The highest BCUT2D eigenvalue weighted by Gasteiger charge is 2.06. The molecule has 0 bridgehead atoms. The number of aromatic nitrogens is 4. The van der Waals surface area contributed by atoms with Crippen LogP contribution >= 0.6 is 12.2 Å². The fourth-order valence-corrected chi connectivity index (χ4v) is 1.42. The highest BCUT2D eigenvalue weighted by Crippen LogP contribution is 2.14. The molecule has 0 saturated heterocycles. The molecule has 0 spiro atoms. The zero-order valence-electron chi connectivity index (χ0n) is 8.79. The molecule has 0 amide bonds. The van der Waals surface area contributed by atoms with E-state index in [0.717, 1.165) is 12.0 Å². The fourth-order valence-electron chi connectivity index (χ4n) is 1.24. The van der Waals surface area contributed by atoms with Gasteiger partial charge in [-0.25, -0.2) is 5.10 Å². The average Bonchev–Trinajstić information content (AvgIpc) is 2.69. The third-order valence-corrected chi connectivity index (χ3v) is 2.21. The molecule has 5 nitrogen and oxygen atoms in total. The number of nitrogens with zero attached hydrogens (tertiary/aromatic N) is 4. The van der Waals surface area contributed by atoms with Crippen LogP contribution in [0.2, 0.25) is 0 Å². The van der Waals surface area contributed by atoms with Gasteiger partial charge < -0.3 is 0 Å². The summed E-state index contributed by atoms with van der Waals surface area (Å²) in [6.07, 6.45) is 6.07. The first-order valence-corrected chi connectivity index (χ1v) is 5.34. The molecule has 0 aromatic carbocycles. The van der Waals surface area contributed by atoms with Crippen LogP contribution in [-0.4, -0.2) is 26.1 Å². The fraction of sp³-hybridized carbons (Fsp3) is 0.200. The largest absolute Gasteiger partial charge is 0.264 e. The first kappa shape index (κ1) is 10.7. The maximum absolute atomic E-state index is 5.10. The molecule has 2 rings (SSSR count). The predicted octanol–water partition coefficient (Wildman–Crippen LogP) is 2.25. The number of pyridine rings is 1. The van der Waals surface area contributed by atoms with E-state index in [1.54, 1.807) is 23.3 Å². The molecule has 0 aliphatic rings. The molecule has 0 aliphatic carbocycles. The molecule has 6 heteroatoms. The maximum Gasteiger partial charge on any atom is 0.216 e. The minimum Gasteiger partial charge on any atom is -0.264 e. The van der Waals surface area contributed by atoms with E-state index >= 15 is 0 Å². The Labute approximate surface area is 97.9 Å². The molecule has 2 heterocycles. The Kier molecular flexibility index (Phi) is 3.21. The van der Waals surface area contributed by atoms with E-state index < -0.39 is 0 Å². The zero-order valence-corrected chi connectivity index (χ0v) is 9.61. The van der Waals surface area contributed by atoms with Gasteiger partial charge in [-0.15, -0.1) is 0 Å². The minimum absolute atomic E-state index is 0.476. The smallest absolute Gasteiger partial charge is 0.216 e. The van der Waals surface area contributed by atoms with Crippen molar-refractivity contribution in [3.05, 3.63) is 29.3 Å². The summed E-state index contributed by atoms with van der Waals surface area (Å²) in [6, 6.07) is 3.76. The van der Waals surface area contributed by atoms with Crippen molar-refractivity contribution >= 4 is 18.4 Å². The van der Waals surface area contributed by atoms with Crippen LogP contribution < -0.4 is 0 Å². The van der Waals surface area contributed by atoms with E-state index in [1.807, 2.05) is 19.1 Å². The first-order valence-electron chi connectivity index (χ1n) is 4.93. The zero-order chi connectivity index (χ0) is 11.4. The van der Waals surface area contributed by atoms with E-state index in [2.05, 4.69) is 20.3 Å². The summed E-state index contributed by atoms with van der Waals surface area (Å²) in [5.74, 6) is 0.669. The van der Waals surface area contributed by atoms with Crippen LogP contribution in [0.1, 0.15) is 13.3 Å². The lowest BCUT2D eigenvalue weighted by atomic mass is 10.3. The Bertz CT molecular complexity index is 540. The van der Waals surface area contributed by atoms with Crippen LogP contribution in [0, 0.1) is 4.77 Å². The molecule has 82 valence electrons. The number of hydrogen-bond acceptors (Lipinski definition) is 4. The molecule has 1 N–H and O–H groups in total. The highest BCUT2D eigenvalue weighted by atomic mass is 32.1. The van der Waals surface area contributed by atoms with Crippen molar-refractivity contribution in [3.63, 3.8) is 0 Å². The molecule has 0 saturated carbocycles. The van der Waals surface area contributed by atoms with Crippen molar-refractivity contribution in [1.29, 1.82) is 0 Å². The number of rotatable bonds is 3. The van der Waals surface area contributed by atoms with Gasteiger partial charge in [-0.3, -0.25) is 4.98 Å². The van der Waals surface area contributed by atoms with Gasteiger partial charge in [0.05, 0.1) is 0 Å². The van der Waals surface area contributed by atoms with Crippen molar-refractivity contribution in [2.45, 2.75) is 13.3 Å². The van der Waals surface area contributed by atoms with E-state index in [1.165, 1.54) is 0 Å². The third-order valence-electron chi connectivity index (χ3n) is 1.95. The average molecular weight is 233 g/mol. The van der Waals surface area contributed by atoms with Crippen LogP contribution in [0.4, 0.5) is 0 Å². The van der Waals surface area contributed by atoms with Gasteiger partial charge in [0, 0.05) is 24.2 Å². The van der Waals surface area contributed by atoms with Crippen molar-refractivity contribution in [2.24, 2.45) is 5.10 Å². The van der Waals surface area contributed by atoms with Gasteiger partial charge in [0.15, 0.2) is 5.82 Å². The quantitative estimate of drug-likeness (QED) is 0.653. The Hall–Kier alpha value is -1.82. The van der Waals surface area contributed by atoms with Gasteiger partial charge in [0.25, 0.3) is 0 Å². The lowest BCUT2D eigenvalue weighted by molar-refractivity contribution is 0.865. The molecule has 16 heavy (non-hydrogen) atoms. The highest BCUT2D eigenvalue weighted by molar-refractivity contribution is 7.71. The maximum atomic E-state index is 5.10. The predicted molar refractivity (Wildman–Crippen MR) is 64.8 cm³/mol. The monoisotopic (exact) mass is 233 g/mol. The lowest BCUT2D eigenvalue weighted by Crippen LogP contribution is -1.94. The van der Waals surface area contributed by atoms with Gasteiger partial charge in [-0.1, -0.05) is 6.92 Å². The first-order chi connectivity index (χ1) is 7.83. The summed E-state index contributed by atoms with van der Waals surface area (Å²) >= 11 is 5.10. The van der Waals surface area contributed by atoms with Crippen LogP contribution in [0.25, 0.3) is 11.4 Å². The summed E-state index contributed by atoms with van der Waals surface area (Å²) in [5.41, 5.74) is 0.878. The second-order valence-corrected chi connectivity index (χ2v) is 3.50. The van der Waals surface area contributed by atoms with Crippen molar-refractivity contribution < 1.29 is 0 Å². The van der Waals surface area contributed by atoms with Gasteiger partial charge in [-0.05, 0) is 30.8 Å².